The molecule has 1 aromatic carbocycles. The number of rotatable bonds is 4. The van der Waals surface area contributed by atoms with Crippen molar-refractivity contribution in [2.24, 2.45) is 0 Å². The molecule has 2 heterocycles. The molecule has 2 saturated heterocycles. The number of amides is 1. The lowest BCUT2D eigenvalue weighted by Crippen LogP contribution is -2.47. The van der Waals surface area contributed by atoms with E-state index in [1.165, 1.54) is 5.69 Å². The molecule has 2 aliphatic heterocycles. The molecule has 0 unspecified atom stereocenters. The lowest BCUT2D eigenvalue weighted by atomic mass is 10.1. The predicted molar refractivity (Wildman–Crippen MR) is 94.7 cm³/mol. The Morgan fingerprint density at radius 1 is 1.08 bits per heavy atom. The Morgan fingerprint density at radius 3 is 2.33 bits per heavy atom. The van der Waals surface area contributed by atoms with Crippen LogP contribution in [-0.2, 0) is 14.3 Å². The minimum atomic E-state index is -0.240. The molecule has 1 N–H and O–H groups in total. The van der Waals surface area contributed by atoms with Crippen LogP contribution in [0.25, 0.3) is 0 Å². The average molecular weight is 333 g/mol. The number of ether oxygens (including phenoxy) is 2. The highest BCUT2D eigenvalue weighted by Gasteiger charge is 2.22. The topological polar surface area (TPSA) is 54.0 Å². The molecular formula is C18H27N3O3. The van der Waals surface area contributed by atoms with Crippen LogP contribution < -0.4 is 10.2 Å². The standard InChI is InChI=1S/C18H27N3O3/c1-14-13-16(20-5-9-23-10-6-20)3-4-17(14)19-15(2)18(22)21-7-11-24-12-8-21/h3-4,13,15,19H,5-12H2,1-2H3/t15-/m0/s1. The lowest BCUT2D eigenvalue weighted by Gasteiger charge is -2.31. The second-order valence-corrected chi connectivity index (χ2v) is 6.40. The van der Waals surface area contributed by atoms with E-state index in [0.717, 1.165) is 37.6 Å². The minimum Gasteiger partial charge on any atom is -0.378 e. The van der Waals surface area contributed by atoms with E-state index in [1.54, 1.807) is 0 Å². The van der Waals surface area contributed by atoms with Crippen LogP contribution in [0.15, 0.2) is 18.2 Å². The lowest BCUT2D eigenvalue weighted by molar-refractivity contribution is -0.135. The SMILES string of the molecule is Cc1cc(N2CCOCC2)ccc1N[C@@H](C)C(=O)N1CCOCC1. The van der Waals surface area contributed by atoms with Gasteiger partial charge in [0.25, 0.3) is 0 Å². The van der Waals surface area contributed by atoms with Crippen molar-refractivity contribution in [1.29, 1.82) is 0 Å². The predicted octanol–water partition coefficient (Wildman–Crippen LogP) is 1.49. The smallest absolute Gasteiger partial charge is 0.244 e. The number of morpholine rings is 2. The summed E-state index contributed by atoms with van der Waals surface area (Å²) < 4.78 is 10.7. The molecule has 0 saturated carbocycles. The van der Waals surface area contributed by atoms with Crippen molar-refractivity contribution in [3.8, 4) is 0 Å². The maximum absolute atomic E-state index is 12.5. The zero-order chi connectivity index (χ0) is 16.9. The number of anilines is 2. The van der Waals surface area contributed by atoms with E-state index in [-0.39, 0.29) is 11.9 Å². The van der Waals surface area contributed by atoms with Gasteiger partial charge in [-0.05, 0) is 37.6 Å². The van der Waals surface area contributed by atoms with Gasteiger partial charge in [-0.15, -0.1) is 0 Å². The highest BCUT2D eigenvalue weighted by molar-refractivity contribution is 5.84. The fraction of sp³-hybridized carbons (Fsp3) is 0.611. The Bertz CT molecular complexity index is 567. The van der Waals surface area contributed by atoms with E-state index in [2.05, 4.69) is 35.3 Å². The Kier molecular flexibility index (Phi) is 5.58. The molecule has 0 radical (unpaired) electrons. The fourth-order valence-corrected chi connectivity index (χ4v) is 3.18. The van der Waals surface area contributed by atoms with Gasteiger partial charge < -0.3 is 24.6 Å². The van der Waals surface area contributed by atoms with Gasteiger partial charge in [-0.3, -0.25) is 4.79 Å². The molecular weight excluding hydrogens is 306 g/mol. The normalized spacial score (nSPS) is 19.9. The van der Waals surface area contributed by atoms with Crippen LogP contribution in [0.1, 0.15) is 12.5 Å². The van der Waals surface area contributed by atoms with Crippen LogP contribution >= 0.6 is 0 Å². The summed E-state index contributed by atoms with van der Waals surface area (Å²) in [5.41, 5.74) is 3.38. The van der Waals surface area contributed by atoms with E-state index < -0.39 is 0 Å². The summed E-state index contributed by atoms with van der Waals surface area (Å²) in [6.07, 6.45) is 0. The maximum Gasteiger partial charge on any atom is 0.244 e. The molecule has 1 amide bonds. The van der Waals surface area contributed by atoms with Crippen LogP contribution in [0.3, 0.4) is 0 Å². The molecule has 0 aromatic heterocycles. The third kappa shape index (κ3) is 3.99. The van der Waals surface area contributed by atoms with E-state index in [9.17, 15) is 4.79 Å². The molecule has 132 valence electrons. The summed E-state index contributed by atoms with van der Waals surface area (Å²) >= 11 is 0. The molecule has 6 nitrogen and oxygen atoms in total. The Labute approximate surface area is 143 Å². The van der Waals surface area contributed by atoms with E-state index in [4.69, 9.17) is 9.47 Å². The number of carbonyl (C=O) groups excluding carboxylic acids is 1. The Morgan fingerprint density at radius 2 is 1.71 bits per heavy atom. The quantitative estimate of drug-likeness (QED) is 0.905. The monoisotopic (exact) mass is 333 g/mol. The summed E-state index contributed by atoms with van der Waals surface area (Å²) in [6, 6.07) is 6.13. The molecule has 2 aliphatic rings. The summed E-state index contributed by atoms with van der Waals surface area (Å²) in [4.78, 5) is 16.7. The Balaban J connectivity index is 1.62. The van der Waals surface area contributed by atoms with Gasteiger partial charge in [-0.2, -0.15) is 0 Å². The van der Waals surface area contributed by atoms with Crippen molar-refractivity contribution in [2.45, 2.75) is 19.9 Å². The molecule has 0 aliphatic carbocycles. The number of carbonyl (C=O) groups is 1. The van der Waals surface area contributed by atoms with Crippen LogP contribution in [0, 0.1) is 6.92 Å². The number of aryl methyl sites for hydroxylation is 1. The van der Waals surface area contributed by atoms with Gasteiger partial charge in [-0.1, -0.05) is 0 Å². The molecule has 0 spiro atoms. The Hall–Kier alpha value is -1.79. The summed E-state index contributed by atoms with van der Waals surface area (Å²) in [5, 5.41) is 3.36. The molecule has 1 aromatic rings. The molecule has 24 heavy (non-hydrogen) atoms. The second-order valence-electron chi connectivity index (χ2n) is 6.40. The number of nitrogens with one attached hydrogen (secondary N) is 1. The number of benzene rings is 1. The third-order valence-electron chi connectivity index (χ3n) is 4.65. The fourth-order valence-electron chi connectivity index (χ4n) is 3.18. The minimum absolute atomic E-state index is 0.134. The van der Waals surface area contributed by atoms with Crippen molar-refractivity contribution in [1.82, 2.24) is 4.90 Å². The van der Waals surface area contributed by atoms with Gasteiger partial charge in [0.05, 0.1) is 26.4 Å². The third-order valence-corrected chi connectivity index (χ3v) is 4.65. The number of nitrogens with zero attached hydrogens (tertiary/aromatic N) is 2. The maximum atomic E-state index is 12.5. The molecule has 2 fully saturated rings. The van der Waals surface area contributed by atoms with Gasteiger partial charge in [0.2, 0.25) is 5.91 Å². The number of hydrogen-bond donors (Lipinski definition) is 1. The van der Waals surface area contributed by atoms with Gasteiger partial charge in [0.1, 0.15) is 6.04 Å². The first kappa shape index (κ1) is 17.0. The van der Waals surface area contributed by atoms with Gasteiger partial charge in [-0.25, -0.2) is 0 Å². The van der Waals surface area contributed by atoms with Crippen molar-refractivity contribution in [2.75, 3.05) is 62.8 Å². The van der Waals surface area contributed by atoms with Crippen LogP contribution in [0.4, 0.5) is 11.4 Å². The molecule has 1 atom stereocenters. The van der Waals surface area contributed by atoms with Crippen LogP contribution in [0.5, 0.6) is 0 Å². The zero-order valence-corrected chi connectivity index (χ0v) is 14.6. The zero-order valence-electron chi connectivity index (χ0n) is 14.6. The first-order valence-corrected chi connectivity index (χ1v) is 8.71. The van der Waals surface area contributed by atoms with Crippen molar-refractivity contribution in [3.05, 3.63) is 23.8 Å². The molecule has 6 heteroatoms. The summed E-state index contributed by atoms with van der Waals surface area (Å²) in [5.74, 6) is 0.134. The largest absolute Gasteiger partial charge is 0.378 e. The van der Waals surface area contributed by atoms with Crippen molar-refractivity contribution >= 4 is 17.3 Å². The number of hydrogen-bond acceptors (Lipinski definition) is 5. The van der Waals surface area contributed by atoms with Crippen LogP contribution in [-0.4, -0.2) is 69.5 Å². The first-order chi connectivity index (χ1) is 11.6. The molecule has 0 bridgehead atoms. The van der Waals surface area contributed by atoms with Gasteiger partial charge in [0, 0.05) is 37.6 Å². The first-order valence-electron chi connectivity index (χ1n) is 8.71. The van der Waals surface area contributed by atoms with Crippen molar-refractivity contribution in [3.63, 3.8) is 0 Å². The summed E-state index contributed by atoms with van der Waals surface area (Å²) in [6.45, 7) is 10.0. The second kappa shape index (κ2) is 7.85. The van der Waals surface area contributed by atoms with Crippen molar-refractivity contribution < 1.29 is 14.3 Å². The summed E-state index contributed by atoms with van der Waals surface area (Å²) in [7, 11) is 0. The molecule has 3 rings (SSSR count). The average Bonchev–Trinajstić information content (AvgIpc) is 2.64. The van der Waals surface area contributed by atoms with Crippen LogP contribution in [0.2, 0.25) is 0 Å². The van der Waals surface area contributed by atoms with E-state index in [1.807, 2.05) is 11.8 Å². The highest BCUT2D eigenvalue weighted by Crippen LogP contribution is 2.24. The highest BCUT2D eigenvalue weighted by atomic mass is 16.5. The van der Waals surface area contributed by atoms with E-state index >= 15 is 0 Å². The van der Waals surface area contributed by atoms with Gasteiger partial charge >= 0.3 is 0 Å². The van der Waals surface area contributed by atoms with Gasteiger partial charge in [0.15, 0.2) is 0 Å². The van der Waals surface area contributed by atoms with E-state index in [0.29, 0.717) is 26.3 Å².